The SMILES string of the molecule is C=CC(=O)N(Cc1nc(C)c(C)o1)c1ccccc1. The molecule has 0 aliphatic rings. The van der Waals surface area contributed by atoms with Crippen molar-refractivity contribution in [3.63, 3.8) is 0 Å². The summed E-state index contributed by atoms with van der Waals surface area (Å²) in [6, 6.07) is 9.39. The van der Waals surface area contributed by atoms with Crippen LogP contribution in [-0.2, 0) is 11.3 Å². The van der Waals surface area contributed by atoms with E-state index in [1.54, 1.807) is 4.90 Å². The molecule has 0 aliphatic carbocycles. The fourth-order valence-corrected chi connectivity index (χ4v) is 1.76. The summed E-state index contributed by atoms with van der Waals surface area (Å²) >= 11 is 0. The van der Waals surface area contributed by atoms with E-state index in [2.05, 4.69) is 11.6 Å². The number of rotatable bonds is 4. The Bertz CT molecular complexity index is 568. The number of aryl methyl sites for hydroxylation is 2. The first kappa shape index (κ1) is 13.1. The van der Waals surface area contributed by atoms with Crippen molar-refractivity contribution in [2.45, 2.75) is 20.4 Å². The maximum Gasteiger partial charge on any atom is 0.250 e. The molecule has 0 atom stereocenters. The molecule has 0 saturated heterocycles. The van der Waals surface area contributed by atoms with Gasteiger partial charge in [0.1, 0.15) is 12.3 Å². The topological polar surface area (TPSA) is 46.3 Å². The zero-order valence-corrected chi connectivity index (χ0v) is 11.1. The van der Waals surface area contributed by atoms with Gasteiger partial charge in [0.15, 0.2) is 0 Å². The summed E-state index contributed by atoms with van der Waals surface area (Å²) in [5, 5.41) is 0. The summed E-state index contributed by atoms with van der Waals surface area (Å²) in [4.78, 5) is 17.8. The Morgan fingerprint density at radius 1 is 1.37 bits per heavy atom. The quantitative estimate of drug-likeness (QED) is 0.790. The van der Waals surface area contributed by atoms with E-state index in [-0.39, 0.29) is 5.91 Å². The van der Waals surface area contributed by atoms with Crippen molar-refractivity contribution < 1.29 is 9.21 Å². The molecule has 1 aromatic heterocycles. The van der Waals surface area contributed by atoms with Gasteiger partial charge in [0, 0.05) is 5.69 Å². The van der Waals surface area contributed by atoms with E-state index in [4.69, 9.17) is 4.42 Å². The first-order valence-corrected chi connectivity index (χ1v) is 6.03. The molecular weight excluding hydrogens is 240 g/mol. The number of nitrogens with zero attached hydrogens (tertiary/aromatic N) is 2. The minimum Gasteiger partial charge on any atom is -0.444 e. The highest BCUT2D eigenvalue weighted by atomic mass is 16.4. The van der Waals surface area contributed by atoms with Crippen LogP contribution in [0.15, 0.2) is 47.4 Å². The van der Waals surface area contributed by atoms with E-state index in [0.717, 1.165) is 17.1 Å². The number of aromatic nitrogens is 1. The van der Waals surface area contributed by atoms with Gasteiger partial charge in [0.05, 0.1) is 5.69 Å². The predicted molar refractivity (Wildman–Crippen MR) is 73.8 cm³/mol. The van der Waals surface area contributed by atoms with E-state index in [1.165, 1.54) is 6.08 Å². The third-order valence-electron chi connectivity index (χ3n) is 2.87. The lowest BCUT2D eigenvalue weighted by atomic mass is 10.2. The smallest absolute Gasteiger partial charge is 0.250 e. The second kappa shape index (κ2) is 5.52. The molecule has 0 radical (unpaired) electrons. The molecule has 0 N–H and O–H groups in total. The fourth-order valence-electron chi connectivity index (χ4n) is 1.76. The van der Waals surface area contributed by atoms with Crippen molar-refractivity contribution in [3.05, 3.63) is 60.3 Å². The number of hydrogen-bond acceptors (Lipinski definition) is 3. The molecule has 4 heteroatoms. The Morgan fingerprint density at radius 3 is 2.58 bits per heavy atom. The molecule has 0 unspecified atom stereocenters. The van der Waals surface area contributed by atoms with Crippen LogP contribution in [0.25, 0.3) is 0 Å². The van der Waals surface area contributed by atoms with Crippen LogP contribution in [0.5, 0.6) is 0 Å². The second-order valence-electron chi connectivity index (χ2n) is 4.21. The maximum atomic E-state index is 11.9. The molecule has 0 fully saturated rings. The van der Waals surface area contributed by atoms with Crippen LogP contribution in [0.1, 0.15) is 17.3 Å². The predicted octanol–water partition coefficient (Wildman–Crippen LogP) is 3.01. The molecule has 0 aliphatic heterocycles. The van der Waals surface area contributed by atoms with Crippen molar-refractivity contribution in [2.75, 3.05) is 4.90 Å². The molecule has 0 bridgehead atoms. The highest BCUT2D eigenvalue weighted by molar-refractivity contribution is 6.00. The minimum atomic E-state index is -0.181. The summed E-state index contributed by atoms with van der Waals surface area (Å²) < 4.78 is 5.52. The minimum absolute atomic E-state index is 0.181. The Kier molecular flexibility index (Phi) is 3.80. The number of oxazole rings is 1. The van der Waals surface area contributed by atoms with Crippen LogP contribution in [0.3, 0.4) is 0 Å². The number of para-hydroxylation sites is 1. The summed E-state index contributed by atoms with van der Waals surface area (Å²) in [5.41, 5.74) is 1.63. The van der Waals surface area contributed by atoms with Crippen molar-refractivity contribution in [1.82, 2.24) is 4.98 Å². The molecule has 98 valence electrons. The van der Waals surface area contributed by atoms with Crippen molar-refractivity contribution in [2.24, 2.45) is 0 Å². The number of anilines is 1. The zero-order chi connectivity index (χ0) is 13.8. The molecule has 1 amide bonds. The highest BCUT2D eigenvalue weighted by Gasteiger charge is 2.16. The number of benzene rings is 1. The summed E-state index contributed by atoms with van der Waals surface area (Å²) in [5.74, 6) is 1.11. The van der Waals surface area contributed by atoms with Crippen LogP contribution < -0.4 is 4.90 Å². The number of carbonyl (C=O) groups is 1. The fraction of sp³-hybridized carbons (Fsp3) is 0.200. The third-order valence-corrected chi connectivity index (χ3v) is 2.87. The largest absolute Gasteiger partial charge is 0.444 e. The normalized spacial score (nSPS) is 10.2. The van der Waals surface area contributed by atoms with Gasteiger partial charge in [-0.3, -0.25) is 9.69 Å². The summed E-state index contributed by atoms with van der Waals surface area (Å²) in [6.07, 6.45) is 1.29. The highest BCUT2D eigenvalue weighted by Crippen LogP contribution is 2.18. The molecule has 4 nitrogen and oxygen atoms in total. The molecule has 2 rings (SSSR count). The van der Waals surface area contributed by atoms with Crippen LogP contribution >= 0.6 is 0 Å². The molecule has 1 aromatic carbocycles. The van der Waals surface area contributed by atoms with Crippen LogP contribution in [0.2, 0.25) is 0 Å². The van der Waals surface area contributed by atoms with Gasteiger partial charge in [-0.25, -0.2) is 4.98 Å². The van der Waals surface area contributed by atoms with Crippen molar-refractivity contribution in [3.8, 4) is 0 Å². The lowest BCUT2D eigenvalue weighted by Gasteiger charge is -2.19. The van der Waals surface area contributed by atoms with Gasteiger partial charge in [-0.05, 0) is 32.1 Å². The van der Waals surface area contributed by atoms with Gasteiger partial charge in [-0.15, -0.1) is 0 Å². The lowest BCUT2D eigenvalue weighted by Crippen LogP contribution is -2.28. The van der Waals surface area contributed by atoms with E-state index in [0.29, 0.717) is 12.4 Å². The molecule has 0 spiro atoms. The Hall–Kier alpha value is -2.36. The maximum absolute atomic E-state index is 11.9. The van der Waals surface area contributed by atoms with Gasteiger partial charge >= 0.3 is 0 Å². The number of amides is 1. The van der Waals surface area contributed by atoms with Gasteiger partial charge < -0.3 is 4.42 Å². The lowest BCUT2D eigenvalue weighted by molar-refractivity contribution is -0.114. The van der Waals surface area contributed by atoms with Gasteiger partial charge in [-0.1, -0.05) is 24.8 Å². The van der Waals surface area contributed by atoms with Gasteiger partial charge in [-0.2, -0.15) is 0 Å². The van der Waals surface area contributed by atoms with Crippen LogP contribution in [0.4, 0.5) is 5.69 Å². The molecule has 19 heavy (non-hydrogen) atoms. The summed E-state index contributed by atoms with van der Waals surface area (Å²) in [7, 11) is 0. The Labute approximate surface area is 112 Å². The Balaban J connectivity index is 2.29. The number of carbonyl (C=O) groups excluding carboxylic acids is 1. The van der Waals surface area contributed by atoms with Gasteiger partial charge in [0.25, 0.3) is 5.91 Å². The molecular formula is C15H16N2O2. The van der Waals surface area contributed by atoms with E-state index >= 15 is 0 Å². The second-order valence-corrected chi connectivity index (χ2v) is 4.21. The zero-order valence-electron chi connectivity index (χ0n) is 11.1. The summed E-state index contributed by atoms with van der Waals surface area (Å²) in [6.45, 7) is 7.56. The van der Waals surface area contributed by atoms with E-state index < -0.39 is 0 Å². The Morgan fingerprint density at radius 2 is 2.05 bits per heavy atom. The van der Waals surface area contributed by atoms with Gasteiger partial charge in [0.2, 0.25) is 5.89 Å². The molecule has 2 aromatic rings. The van der Waals surface area contributed by atoms with Crippen molar-refractivity contribution in [1.29, 1.82) is 0 Å². The first-order valence-electron chi connectivity index (χ1n) is 6.03. The number of hydrogen-bond donors (Lipinski definition) is 0. The standard InChI is InChI=1S/C15H16N2O2/c1-4-15(18)17(13-8-6-5-7-9-13)10-14-16-11(2)12(3)19-14/h4-9H,1,10H2,2-3H3. The van der Waals surface area contributed by atoms with Crippen molar-refractivity contribution >= 4 is 11.6 Å². The van der Waals surface area contributed by atoms with Crippen LogP contribution in [-0.4, -0.2) is 10.9 Å². The van der Waals surface area contributed by atoms with Crippen LogP contribution in [0, 0.1) is 13.8 Å². The first-order chi connectivity index (χ1) is 9.11. The third kappa shape index (κ3) is 2.91. The molecule has 1 heterocycles. The molecule has 0 saturated carbocycles. The monoisotopic (exact) mass is 256 g/mol. The van der Waals surface area contributed by atoms with E-state index in [9.17, 15) is 4.79 Å². The average Bonchev–Trinajstić information content (AvgIpc) is 2.75. The average molecular weight is 256 g/mol. The van der Waals surface area contributed by atoms with E-state index in [1.807, 2.05) is 44.2 Å².